The monoisotopic (exact) mass is 272 g/mol. The van der Waals surface area contributed by atoms with E-state index in [0.29, 0.717) is 5.56 Å². The maximum Gasteiger partial charge on any atom is 0.325 e. The van der Waals surface area contributed by atoms with Crippen molar-refractivity contribution in [1.82, 2.24) is 9.88 Å². The van der Waals surface area contributed by atoms with E-state index in [-0.39, 0.29) is 12.5 Å². The van der Waals surface area contributed by atoms with Crippen LogP contribution in [0.25, 0.3) is 5.69 Å². The van der Waals surface area contributed by atoms with Crippen LogP contribution in [-0.2, 0) is 9.53 Å². The van der Waals surface area contributed by atoms with E-state index in [4.69, 9.17) is 0 Å². The van der Waals surface area contributed by atoms with Crippen LogP contribution >= 0.6 is 0 Å². The van der Waals surface area contributed by atoms with Crippen LogP contribution < -0.4 is 5.32 Å². The number of nitrogens with zero attached hydrogens (tertiary/aromatic N) is 1. The van der Waals surface area contributed by atoms with Gasteiger partial charge in [-0.05, 0) is 36.8 Å². The molecule has 0 aliphatic heterocycles. The molecule has 0 aliphatic rings. The van der Waals surface area contributed by atoms with Crippen molar-refractivity contribution in [3.63, 3.8) is 0 Å². The first-order valence-electron chi connectivity index (χ1n) is 6.21. The Morgan fingerprint density at radius 2 is 1.95 bits per heavy atom. The third-order valence-electron chi connectivity index (χ3n) is 2.97. The zero-order valence-corrected chi connectivity index (χ0v) is 11.4. The van der Waals surface area contributed by atoms with E-state index < -0.39 is 5.97 Å². The van der Waals surface area contributed by atoms with Gasteiger partial charge >= 0.3 is 5.97 Å². The van der Waals surface area contributed by atoms with Gasteiger partial charge in [0.2, 0.25) is 0 Å². The Labute approximate surface area is 117 Å². The minimum absolute atomic E-state index is 0.137. The van der Waals surface area contributed by atoms with Crippen molar-refractivity contribution < 1.29 is 14.3 Å². The van der Waals surface area contributed by atoms with Crippen LogP contribution in [0.3, 0.4) is 0 Å². The Kier molecular flexibility index (Phi) is 4.20. The zero-order chi connectivity index (χ0) is 14.5. The predicted octanol–water partition coefficient (Wildman–Crippen LogP) is 1.69. The van der Waals surface area contributed by atoms with E-state index in [0.717, 1.165) is 11.3 Å². The number of methoxy groups -OCH3 is 1. The Morgan fingerprint density at radius 1 is 1.25 bits per heavy atom. The molecule has 0 unspecified atom stereocenters. The van der Waals surface area contributed by atoms with E-state index in [2.05, 4.69) is 10.1 Å². The second kappa shape index (κ2) is 6.06. The molecular formula is C15H16N2O3. The second-order valence-corrected chi connectivity index (χ2v) is 4.35. The van der Waals surface area contributed by atoms with Crippen molar-refractivity contribution in [2.45, 2.75) is 6.92 Å². The summed E-state index contributed by atoms with van der Waals surface area (Å²) in [6.07, 6.45) is 3.83. The van der Waals surface area contributed by atoms with E-state index in [1.807, 2.05) is 42.1 Å². The average Bonchev–Trinajstić information content (AvgIpc) is 2.98. The fourth-order valence-corrected chi connectivity index (χ4v) is 1.85. The lowest BCUT2D eigenvalue weighted by Gasteiger charge is -2.10. The number of hydrogen-bond donors (Lipinski definition) is 1. The summed E-state index contributed by atoms with van der Waals surface area (Å²) in [5, 5.41) is 2.52. The lowest BCUT2D eigenvalue weighted by molar-refractivity contribution is -0.139. The number of carbonyl (C=O) groups excluding carboxylic acids is 2. The third kappa shape index (κ3) is 3.06. The van der Waals surface area contributed by atoms with E-state index in [1.165, 1.54) is 7.11 Å². The number of nitrogens with one attached hydrogen (secondary N) is 1. The van der Waals surface area contributed by atoms with Gasteiger partial charge in [-0.25, -0.2) is 0 Å². The quantitative estimate of drug-likeness (QED) is 0.862. The molecule has 2 aromatic rings. The molecule has 0 radical (unpaired) electrons. The highest BCUT2D eigenvalue weighted by Crippen LogP contribution is 2.16. The number of rotatable bonds is 4. The highest BCUT2D eigenvalue weighted by Gasteiger charge is 2.10. The number of amides is 1. The topological polar surface area (TPSA) is 60.3 Å². The molecule has 1 heterocycles. The number of aromatic nitrogens is 1. The molecule has 2 rings (SSSR count). The number of carbonyl (C=O) groups is 2. The van der Waals surface area contributed by atoms with Gasteiger partial charge in [0.15, 0.2) is 0 Å². The van der Waals surface area contributed by atoms with Crippen LogP contribution in [0.1, 0.15) is 15.9 Å². The zero-order valence-electron chi connectivity index (χ0n) is 11.4. The van der Waals surface area contributed by atoms with Gasteiger partial charge in [0, 0.05) is 23.6 Å². The van der Waals surface area contributed by atoms with E-state index in [9.17, 15) is 9.59 Å². The van der Waals surface area contributed by atoms with Crippen molar-refractivity contribution in [2.75, 3.05) is 13.7 Å². The summed E-state index contributed by atoms with van der Waals surface area (Å²) in [4.78, 5) is 23.0. The van der Waals surface area contributed by atoms with Crippen LogP contribution in [0.15, 0.2) is 42.7 Å². The Morgan fingerprint density at radius 3 is 2.60 bits per heavy atom. The molecule has 0 saturated heterocycles. The molecule has 0 fully saturated rings. The molecule has 104 valence electrons. The van der Waals surface area contributed by atoms with Crippen molar-refractivity contribution in [3.8, 4) is 5.69 Å². The molecule has 1 amide bonds. The van der Waals surface area contributed by atoms with Crippen LogP contribution in [0, 0.1) is 6.92 Å². The second-order valence-electron chi connectivity index (χ2n) is 4.35. The fraction of sp³-hybridized carbons (Fsp3) is 0.200. The van der Waals surface area contributed by atoms with Gasteiger partial charge in [-0.3, -0.25) is 9.59 Å². The third-order valence-corrected chi connectivity index (χ3v) is 2.97. The summed E-state index contributed by atoms with van der Waals surface area (Å²) >= 11 is 0. The highest BCUT2D eigenvalue weighted by atomic mass is 16.5. The molecule has 5 nitrogen and oxygen atoms in total. The van der Waals surface area contributed by atoms with Gasteiger partial charge in [-0.15, -0.1) is 0 Å². The van der Waals surface area contributed by atoms with Crippen LogP contribution in [0.5, 0.6) is 0 Å². The maximum atomic E-state index is 12.0. The maximum absolute atomic E-state index is 12.0. The SMILES string of the molecule is COC(=O)CNC(=O)c1ccc(C)c(-n2cccc2)c1. The van der Waals surface area contributed by atoms with Gasteiger partial charge in [0.25, 0.3) is 5.91 Å². The van der Waals surface area contributed by atoms with Gasteiger partial charge in [0.1, 0.15) is 6.54 Å². The number of ether oxygens (including phenoxy) is 1. The number of hydrogen-bond acceptors (Lipinski definition) is 3. The first kappa shape index (κ1) is 13.9. The summed E-state index contributed by atoms with van der Waals surface area (Å²) in [6, 6.07) is 9.24. The van der Waals surface area contributed by atoms with Crippen molar-refractivity contribution in [1.29, 1.82) is 0 Å². The van der Waals surface area contributed by atoms with E-state index >= 15 is 0 Å². The molecule has 0 atom stereocenters. The van der Waals surface area contributed by atoms with Crippen LogP contribution in [-0.4, -0.2) is 30.1 Å². The van der Waals surface area contributed by atoms with Gasteiger partial charge in [-0.1, -0.05) is 6.07 Å². The number of aryl methyl sites for hydroxylation is 1. The van der Waals surface area contributed by atoms with Gasteiger partial charge in [0.05, 0.1) is 7.11 Å². The Balaban J connectivity index is 2.19. The molecule has 0 aliphatic carbocycles. The molecular weight excluding hydrogens is 256 g/mol. The molecule has 1 aromatic heterocycles. The van der Waals surface area contributed by atoms with Crippen LogP contribution in [0.2, 0.25) is 0 Å². The fourth-order valence-electron chi connectivity index (χ4n) is 1.85. The highest BCUT2D eigenvalue weighted by molar-refractivity contribution is 5.96. The summed E-state index contributed by atoms with van der Waals surface area (Å²) in [7, 11) is 1.28. The average molecular weight is 272 g/mol. The van der Waals surface area contributed by atoms with Crippen molar-refractivity contribution >= 4 is 11.9 Å². The smallest absolute Gasteiger partial charge is 0.325 e. The van der Waals surface area contributed by atoms with Crippen LogP contribution in [0.4, 0.5) is 0 Å². The summed E-state index contributed by atoms with van der Waals surface area (Å²) in [5.74, 6) is -0.778. The molecule has 0 spiro atoms. The Hall–Kier alpha value is -2.56. The lowest BCUT2D eigenvalue weighted by atomic mass is 10.1. The minimum Gasteiger partial charge on any atom is -0.468 e. The molecule has 20 heavy (non-hydrogen) atoms. The molecule has 0 bridgehead atoms. The molecule has 5 heteroatoms. The predicted molar refractivity (Wildman–Crippen MR) is 74.9 cm³/mol. The standard InChI is InChI=1S/C15H16N2O3/c1-11-5-6-12(15(19)16-10-14(18)20-2)9-13(11)17-7-3-4-8-17/h3-9H,10H2,1-2H3,(H,16,19). The first-order chi connectivity index (χ1) is 9.61. The van der Waals surface area contributed by atoms with E-state index in [1.54, 1.807) is 12.1 Å². The van der Waals surface area contributed by atoms with Gasteiger partial charge in [-0.2, -0.15) is 0 Å². The van der Waals surface area contributed by atoms with Gasteiger partial charge < -0.3 is 14.6 Å². The normalized spacial score (nSPS) is 10.1. The first-order valence-corrected chi connectivity index (χ1v) is 6.21. The molecule has 1 aromatic carbocycles. The molecule has 1 N–H and O–H groups in total. The minimum atomic E-state index is -0.476. The van der Waals surface area contributed by atoms with Crippen molar-refractivity contribution in [2.24, 2.45) is 0 Å². The lowest BCUT2D eigenvalue weighted by Crippen LogP contribution is -2.30. The Bertz CT molecular complexity index is 618. The number of benzene rings is 1. The summed E-state index contributed by atoms with van der Waals surface area (Å²) in [5.41, 5.74) is 2.50. The molecule has 0 saturated carbocycles. The van der Waals surface area contributed by atoms with Crippen molar-refractivity contribution in [3.05, 3.63) is 53.9 Å². The summed E-state index contributed by atoms with van der Waals surface area (Å²) < 4.78 is 6.42. The number of esters is 1. The summed E-state index contributed by atoms with van der Waals surface area (Å²) in [6.45, 7) is 1.84. The largest absolute Gasteiger partial charge is 0.468 e.